The van der Waals surface area contributed by atoms with Gasteiger partial charge < -0.3 is 10.1 Å². The van der Waals surface area contributed by atoms with Gasteiger partial charge in [-0.3, -0.25) is 9.10 Å². The Hall–Kier alpha value is -2.63. The maximum absolute atomic E-state index is 12.6. The van der Waals surface area contributed by atoms with Gasteiger partial charge >= 0.3 is 0 Å². The zero-order valence-electron chi connectivity index (χ0n) is 17.4. The van der Waals surface area contributed by atoms with Crippen LogP contribution in [0.4, 0.5) is 11.4 Å². The van der Waals surface area contributed by atoms with E-state index in [1.807, 2.05) is 13.0 Å². The van der Waals surface area contributed by atoms with E-state index in [4.69, 9.17) is 4.74 Å². The van der Waals surface area contributed by atoms with E-state index in [2.05, 4.69) is 5.32 Å². The van der Waals surface area contributed by atoms with Crippen LogP contribution in [-0.2, 0) is 24.8 Å². The molecule has 0 fully saturated rings. The van der Waals surface area contributed by atoms with Crippen LogP contribution in [0, 0.1) is 6.92 Å². The molecule has 0 radical (unpaired) electrons. The molecule has 0 unspecified atom stereocenters. The summed E-state index contributed by atoms with van der Waals surface area (Å²) in [5.74, 6) is -0.132. The highest BCUT2D eigenvalue weighted by Crippen LogP contribution is 2.26. The molecule has 0 atom stereocenters. The van der Waals surface area contributed by atoms with Crippen molar-refractivity contribution in [3.63, 3.8) is 0 Å². The van der Waals surface area contributed by atoms with Crippen LogP contribution in [0.15, 0.2) is 47.4 Å². The molecule has 9 nitrogen and oxygen atoms in total. The third-order valence-electron chi connectivity index (χ3n) is 4.22. The molecule has 11 heteroatoms. The van der Waals surface area contributed by atoms with Crippen molar-refractivity contribution < 1.29 is 26.4 Å². The van der Waals surface area contributed by atoms with Crippen molar-refractivity contribution in [3.8, 4) is 5.75 Å². The molecule has 0 bridgehead atoms. The molecule has 30 heavy (non-hydrogen) atoms. The maximum atomic E-state index is 12.6. The maximum Gasteiger partial charge on any atom is 0.245 e. The van der Waals surface area contributed by atoms with Gasteiger partial charge in [0, 0.05) is 14.1 Å². The summed E-state index contributed by atoms with van der Waals surface area (Å²) < 4.78 is 56.1. The molecule has 0 aliphatic rings. The number of benzene rings is 2. The Labute approximate surface area is 177 Å². The van der Waals surface area contributed by atoms with Gasteiger partial charge in [-0.2, -0.15) is 0 Å². The van der Waals surface area contributed by atoms with Crippen molar-refractivity contribution in [1.82, 2.24) is 4.31 Å². The molecule has 0 saturated carbocycles. The highest BCUT2D eigenvalue weighted by atomic mass is 32.2. The van der Waals surface area contributed by atoms with Crippen molar-refractivity contribution in [2.24, 2.45) is 0 Å². The van der Waals surface area contributed by atoms with E-state index < -0.39 is 32.5 Å². The number of carbonyl (C=O) groups excluding carboxylic acids is 1. The first-order chi connectivity index (χ1) is 13.9. The lowest BCUT2D eigenvalue weighted by Crippen LogP contribution is -2.37. The van der Waals surface area contributed by atoms with E-state index >= 15 is 0 Å². The number of hydrogen-bond donors (Lipinski definition) is 1. The fourth-order valence-corrected chi connectivity index (χ4v) is 4.39. The minimum absolute atomic E-state index is 0.0126. The highest BCUT2D eigenvalue weighted by molar-refractivity contribution is 7.92. The van der Waals surface area contributed by atoms with Crippen molar-refractivity contribution in [3.05, 3.63) is 48.0 Å². The summed E-state index contributed by atoms with van der Waals surface area (Å²) in [7, 11) is -3.21. The summed E-state index contributed by atoms with van der Waals surface area (Å²) in [5.41, 5.74) is 1.48. The number of sulfonamides is 2. The van der Waals surface area contributed by atoms with Gasteiger partial charge in [-0.25, -0.2) is 21.1 Å². The molecular formula is C19H25N3O6S2. The van der Waals surface area contributed by atoms with E-state index in [1.54, 1.807) is 12.1 Å². The van der Waals surface area contributed by atoms with Gasteiger partial charge in [-0.1, -0.05) is 6.07 Å². The number of rotatable bonds is 8. The second kappa shape index (κ2) is 9.02. The second-order valence-corrected chi connectivity index (χ2v) is 10.9. The van der Waals surface area contributed by atoms with Gasteiger partial charge in [-0.05, 0) is 48.9 Å². The Kier molecular flexibility index (Phi) is 7.11. The molecule has 0 saturated heterocycles. The smallest absolute Gasteiger partial charge is 0.245 e. The van der Waals surface area contributed by atoms with Gasteiger partial charge in [0.25, 0.3) is 0 Å². The van der Waals surface area contributed by atoms with Crippen LogP contribution in [0.5, 0.6) is 5.75 Å². The van der Waals surface area contributed by atoms with E-state index in [1.165, 1.54) is 45.5 Å². The van der Waals surface area contributed by atoms with Crippen molar-refractivity contribution in [2.45, 2.75) is 11.8 Å². The van der Waals surface area contributed by atoms with E-state index in [0.717, 1.165) is 20.4 Å². The average molecular weight is 456 g/mol. The predicted octanol–water partition coefficient (Wildman–Crippen LogP) is 1.66. The quantitative estimate of drug-likeness (QED) is 0.648. The standard InChI is InChI=1S/C19H25N3O6S2/c1-14-6-11-18(28-4)17(12-14)20-19(23)13-22(29(5,24)25)15-7-9-16(10-8-15)30(26,27)21(2)3/h6-12H,13H2,1-5H3,(H,20,23). The molecule has 0 aromatic heterocycles. The minimum atomic E-state index is -3.81. The molecule has 2 aromatic carbocycles. The van der Waals surface area contributed by atoms with Crippen LogP contribution in [0.25, 0.3) is 0 Å². The lowest BCUT2D eigenvalue weighted by Gasteiger charge is -2.22. The van der Waals surface area contributed by atoms with Gasteiger partial charge in [0.05, 0.1) is 29.6 Å². The molecule has 1 N–H and O–H groups in total. The largest absolute Gasteiger partial charge is 0.495 e. The molecule has 164 valence electrons. The van der Waals surface area contributed by atoms with Crippen LogP contribution < -0.4 is 14.4 Å². The fourth-order valence-electron chi connectivity index (χ4n) is 2.63. The van der Waals surface area contributed by atoms with E-state index in [0.29, 0.717) is 11.4 Å². The number of nitrogens with one attached hydrogen (secondary N) is 1. The minimum Gasteiger partial charge on any atom is -0.495 e. The third-order valence-corrected chi connectivity index (χ3v) is 7.19. The van der Waals surface area contributed by atoms with Crippen LogP contribution in [0.1, 0.15) is 5.56 Å². The molecule has 2 aromatic rings. The van der Waals surface area contributed by atoms with Crippen molar-refractivity contribution in [2.75, 3.05) is 43.6 Å². The molecule has 0 spiro atoms. The first-order valence-corrected chi connectivity index (χ1v) is 12.1. The second-order valence-electron chi connectivity index (χ2n) is 6.80. The number of aryl methyl sites for hydroxylation is 1. The number of anilines is 2. The Balaban J connectivity index is 2.30. The van der Waals surface area contributed by atoms with Crippen LogP contribution in [0.3, 0.4) is 0 Å². The number of hydrogen-bond acceptors (Lipinski definition) is 6. The number of ether oxygens (including phenoxy) is 1. The number of methoxy groups -OCH3 is 1. The van der Waals surface area contributed by atoms with E-state index in [9.17, 15) is 21.6 Å². The first-order valence-electron chi connectivity index (χ1n) is 8.81. The van der Waals surface area contributed by atoms with Crippen LogP contribution in [0.2, 0.25) is 0 Å². The Morgan fingerprint density at radius 1 is 1.03 bits per heavy atom. The van der Waals surface area contributed by atoms with Crippen LogP contribution in [-0.4, -0.2) is 61.1 Å². The highest BCUT2D eigenvalue weighted by Gasteiger charge is 2.23. The third kappa shape index (κ3) is 5.49. The average Bonchev–Trinajstić information content (AvgIpc) is 2.65. The summed E-state index contributed by atoms with van der Waals surface area (Å²) in [6.07, 6.45) is 0.970. The van der Waals surface area contributed by atoms with Gasteiger partial charge in [0.2, 0.25) is 26.0 Å². The topological polar surface area (TPSA) is 113 Å². The van der Waals surface area contributed by atoms with Crippen LogP contribution >= 0.6 is 0 Å². The van der Waals surface area contributed by atoms with Gasteiger partial charge in [0.1, 0.15) is 12.3 Å². The predicted molar refractivity (Wildman–Crippen MR) is 116 cm³/mol. The molecule has 0 heterocycles. The molecular weight excluding hydrogens is 430 g/mol. The summed E-state index contributed by atoms with van der Waals surface area (Å²) >= 11 is 0. The Morgan fingerprint density at radius 2 is 1.63 bits per heavy atom. The Bertz CT molecular complexity index is 1130. The summed E-state index contributed by atoms with van der Waals surface area (Å²) in [4.78, 5) is 12.6. The Morgan fingerprint density at radius 3 is 2.13 bits per heavy atom. The monoisotopic (exact) mass is 455 g/mol. The lowest BCUT2D eigenvalue weighted by atomic mass is 10.2. The molecule has 0 aliphatic heterocycles. The zero-order valence-corrected chi connectivity index (χ0v) is 19.0. The molecule has 0 aliphatic carbocycles. The summed E-state index contributed by atoms with van der Waals surface area (Å²) in [6.45, 7) is 1.36. The number of amides is 1. The summed E-state index contributed by atoms with van der Waals surface area (Å²) in [6, 6.07) is 10.5. The summed E-state index contributed by atoms with van der Waals surface area (Å²) in [5, 5.41) is 2.65. The molecule has 2 rings (SSSR count). The normalized spacial score (nSPS) is 11.9. The fraction of sp³-hybridized carbons (Fsp3) is 0.316. The van der Waals surface area contributed by atoms with Crippen molar-refractivity contribution >= 4 is 37.3 Å². The van der Waals surface area contributed by atoms with E-state index in [-0.39, 0.29) is 10.6 Å². The van der Waals surface area contributed by atoms with Gasteiger partial charge in [0.15, 0.2) is 0 Å². The SMILES string of the molecule is COc1ccc(C)cc1NC(=O)CN(c1ccc(S(=O)(=O)N(C)C)cc1)S(C)(=O)=O. The lowest BCUT2D eigenvalue weighted by molar-refractivity contribution is -0.114. The first kappa shape index (κ1) is 23.6. The van der Waals surface area contributed by atoms with Crippen molar-refractivity contribution in [1.29, 1.82) is 0 Å². The molecule has 1 amide bonds. The van der Waals surface area contributed by atoms with Gasteiger partial charge in [-0.15, -0.1) is 0 Å². The number of nitrogens with zero attached hydrogens (tertiary/aromatic N) is 2. The zero-order chi connectivity index (χ0) is 22.7. The number of carbonyl (C=O) groups is 1.